The summed E-state index contributed by atoms with van der Waals surface area (Å²) >= 11 is 18.0. The van der Waals surface area contributed by atoms with Crippen LogP contribution < -0.4 is 48.6 Å². The number of benzene rings is 7. The molecular weight excluding hydrogens is 1420 g/mol. The van der Waals surface area contributed by atoms with E-state index in [4.69, 9.17) is 32.9 Å². The van der Waals surface area contributed by atoms with E-state index < -0.39 is 5.43 Å². The van der Waals surface area contributed by atoms with Gasteiger partial charge in [-0.3, -0.25) is 9.59 Å². The molecule has 3 radical (unpaired) electrons. The van der Waals surface area contributed by atoms with Crippen LogP contribution in [0.2, 0.25) is 0 Å². The van der Waals surface area contributed by atoms with Crippen LogP contribution in [0.5, 0.6) is 17.2 Å². The van der Waals surface area contributed by atoms with E-state index in [1.165, 1.54) is 72.9 Å². The van der Waals surface area contributed by atoms with Crippen LogP contribution in [0.1, 0.15) is 113 Å². The molecule has 0 saturated heterocycles. The van der Waals surface area contributed by atoms with Gasteiger partial charge < -0.3 is 35.4 Å². The van der Waals surface area contributed by atoms with E-state index in [1.807, 2.05) is 123 Å². The number of ether oxygens (including phenoxy) is 3. The number of hydrogen-bond acceptors (Lipinski definition) is 16. The van der Waals surface area contributed by atoms with Crippen molar-refractivity contribution in [2.45, 2.75) is 77.6 Å². The summed E-state index contributed by atoms with van der Waals surface area (Å²) in [6, 6.07) is 70.5. The molecule has 535 valence electrons. The summed E-state index contributed by atoms with van der Waals surface area (Å²) in [5.41, 5.74) is -0.814. The molecule has 0 aliphatic rings. The van der Waals surface area contributed by atoms with Crippen LogP contribution >= 0.6 is 80.1 Å². The summed E-state index contributed by atoms with van der Waals surface area (Å²) in [6.45, 7) is 9.34. The maximum atomic E-state index is 13.0. The Bertz CT molecular complexity index is 4110. The Kier molecular flexibility index (Phi) is 46.3. The Balaban J connectivity index is 0.000000414. The van der Waals surface area contributed by atoms with Crippen LogP contribution in [0.25, 0.3) is 32.3 Å². The maximum absolute atomic E-state index is 13.0. The fourth-order valence-corrected chi connectivity index (χ4v) is 13.0. The number of halogens is 3. The summed E-state index contributed by atoms with van der Waals surface area (Å²) in [5.74, 6) is 2.67. The number of carbonyl (C=O) groups is 3. The monoisotopic (exact) mass is 1520 g/mol. The Labute approximate surface area is 659 Å². The number of fused-ring (bicyclic) bond motifs is 3. The minimum absolute atomic E-state index is 0. The van der Waals surface area contributed by atoms with Gasteiger partial charge in [-0.25, -0.2) is 14.0 Å². The van der Waals surface area contributed by atoms with Crippen molar-refractivity contribution in [2.24, 2.45) is 0 Å². The summed E-state index contributed by atoms with van der Waals surface area (Å²) < 4.78 is 30.3. The van der Waals surface area contributed by atoms with Gasteiger partial charge in [-0.1, -0.05) is 178 Å². The third-order valence-electron chi connectivity index (χ3n) is 14.4. The number of aliphatic hydroxyl groups is 1. The molecule has 5 aromatic heterocycles. The average molecular weight is 1520 g/mol. The average Bonchev–Trinajstić information content (AvgIpc) is 1.47. The fourth-order valence-electron chi connectivity index (χ4n) is 9.27. The number of para-hydroxylation sites is 1. The van der Waals surface area contributed by atoms with Gasteiger partial charge >= 0.3 is 35.0 Å². The van der Waals surface area contributed by atoms with Crippen LogP contribution in [-0.2, 0) is 0 Å². The minimum Gasteiger partial charge on any atom is -1.00 e. The molecule has 11 nitrogen and oxygen atoms in total. The standard InChI is InChI=1S/C19H21NOS.C19H20OS.C10H7F.C9H15NOS.C9H13NOS.C7H5ClO2.C6H6OS.C2H6ClN.B.Na.H/c1-20(2)13-12-18(19-11-6-14-22-19)21-17-10-5-8-15-7-3-4-9-16(15)17;1-2-3-11-18(19-13-7-14-21-19)20-17-12-6-9-15-8-4-5-10-16(15)17;11-10-7-3-5-8-4-1-2-6-9(8)10;2*1-10(2)6-5-8(11)9-4-3-7-12-9;8-7(9)10-6-4-2-1-3-5-6;1-5(7)6-3-2-4-8-6;1-2-4-3;;;/h3-11,14,18H,12-13H2,1-2H3;4-10,12-14,18H,2-3,11H2,1H3;1-7H;3-4,7-8,11H,5-6H2,1-2H3;3-4,7H,5-6H2,1-2H3;1-5H;2-4H,1H3;4H,2H2,1H3;;;/q;;;;;;;;;+1;-1. The summed E-state index contributed by atoms with van der Waals surface area (Å²) in [4.78, 5) is 46.2. The zero-order valence-electron chi connectivity index (χ0n) is 61.0. The van der Waals surface area contributed by atoms with Crippen LogP contribution in [0.15, 0.2) is 245 Å². The SMILES string of the molecule is CC(=O)c1cccs1.CCCCC(Oc1cccc2ccccc12)c1cccs1.CCNCl.CN(C)CCC(=O)c1cccs1.CN(C)CCC(O)c1cccs1.CN(C)CCC(Oc1cccc2ccccc12)c1cccs1.Fc1cccc2ccccc12.O=C(Cl)Oc1ccccc1.[B].[H-].[Na+]. The van der Waals surface area contributed by atoms with Crippen molar-refractivity contribution in [1.82, 2.24) is 19.5 Å². The van der Waals surface area contributed by atoms with Crippen LogP contribution in [-0.4, -0.2) is 114 Å². The van der Waals surface area contributed by atoms with Gasteiger partial charge in [-0.05, 0) is 184 Å². The molecule has 3 atom stereocenters. The first-order valence-electron chi connectivity index (χ1n) is 32.9. The first-order chi connectivity index (χ1) is 48.4. The molecule has 0 aliphatic heterocycles. The van der Waals surface area contributed by atoms with Crippen LogP contribution in [0.3, 0.4) is 0 Å². The number of aliphatic hydroxyl groups excluding tert-OH is 1. The molecule has 0 amide bonds. The first-order valence-corrected chi connectivity index (χ1v) is 38.1. The third-order valence-corrected chi connectivity index (χ3v) is 19.5. The number of nitrogens with one attached hydrogen (secondary N) is 1. The van der Waals surface area contributed by atoms with E-state index in [0.717, 1.165) is 77.0 Å². The normalized spacial score (nSPS) is 11.1. The summed E-state index contributed by atoms with van der Waals surface area (Å²) in [7, 11) is 12.2. The van der Waals surface area contributed by atoms with Gasteiger partial charge in [0.15, 0.2) is 11.6 Å². The van der Waals surface area contributed by atoms with Gasteiger partial charge in [-0.15, -0.1) is 56.7 Å². The van der Waals surface area contributed by atoms with Crippen molar-refractivity contribution >= 4 is 138 Å². The van der Waals surface area contributed by atoms with Gasteiger partial charge in [0.1, 0.15) is 35.3 Å². The van der Waals surface area contributed by atoms with Crippen molar-refractivity contribution in [1.29, 1.82) is 0 Å². The number of hydrogen-bond donors (Lipinski definition) is 2. The van der Waals surface area contributed by atoms with Gasteiger partial charge in [-0.2, -0.15) is 0 Å². The fraction of sp³-hybridized carbons (Fsp3) is 0.272. The Morgan fingerprint density at radius 2 is 0.902 bits per heavy atom. The molecule has 7 aromatic carbocycles. The molecule has 0 saturated carbocycles. The van der Waals surface area contributed by atoms with Crippen molar-refractivity contribution in [3.05, 3.63) is 275 Å². The number of ketones is 2. The zero-order chi connectivity index (χ0) is 72.3. The Morgan fingerprint density at radius 1 is 0.500 bits per heavy atom. The van der Waals surface area contributed by atoms with Crippen LogP contribution in [0.4, 0.5) is 9.18 Å². The van der Waals surface area contributed by atoms with E-state index in [1.54, 1.807) is 77.3 Å². The molecule has 102 heavy (non-hydrogen) atoms. The van der Waals surface area contributed by atoms with Crippen molar-refractivity contribution in [2.75, 3.05) is 68.5 Å². The van der Waals surface area contributed by atoms with E-state index in [9.17, 15) is 23.9 Å². The molecule has 0 aliphatic carbocycles. The number of thiophene rings is 5. The zero-order valence-corrected chi connectivity index (χ0v) is 67.6. The molecule has 0 fully saturated rings. The molecule has 12 aromatic rings. The number of unbranched alkanes of at least 4 members (excludes halogenated alkanes) is 1. The van der Waals surface area contributed by atoms with Crippen molar-refractivity contribution in [3.8, 4) is 17.2 Å². The predicted molar refractivity (Wildman–Crippen MR) is 433 cm³/mol. The van der Waals surface area contributed by atoms with E-state index in [0.29, 0.717) is 17.6 Å². The van der Waals surface area contributed by atoms with Crippen LogP contribution in [0, 0.1) is 5.82 Å². The van der Waals surface area contributed by atoms with Crippen molar-refractivity contribution in [3.63, 3.8) is 0 Å². The second-order valence-corrected chi connectivity index (χ2v) is 28.6. The maximum Gasteiger partial charge on any atom is 1.00 e. The van der Waals surface area contributed by atoms with Crippen molar-refractivity contribution < 1.29 is 69.1 Å². The smallest absolute Gasteiger partial charge is 1.00 e. The van der Waals surface area contributed by atoms with Gasteiger partial charge in [0.2, 0.25) is 0 Å². The molecule has 5 heterocycles. The van der Waals surface area contributed by atoms with E-state index in [2.05, 4.69) is 160 Å². The molecule has 21 heteroatoms. The molecule has 0 spiro atoms. The van der Waals surface area contributed by atoms with E-state index in [-0.39, 0.29) is 75.1 Å². The minimum atomic E-state index is -0.814. The van der Waals surface area contributed by atoms with Gasteiger partial charge in [0, 0.05) is 89.8 Å². The number of rotatable bonds is 23. The van der Waals surface area contributed by atoms with E-state index >= 15 is 0 Å². The van der Waals surface area contributed by atoms with Gasteiger partial charge in [0.25, 0.3) is 0 Å². The number of Topliss-reactive ketones (excluding diaryl/α,β-unsaturated/α-hetero) is 2. The second kappa shape index (κ2) is 52.5. The Morgan fingerprint density at radius 3 is 1.31 bits per heavy atom. The first kappa shape index (κ1) is 89.8. The molecular formula is C81H94BCl2FN4NaO7S5. The summed E-state index contributed by atoms with van der Waals surface area (Å²) in [6.07, 6.45) is 5.85. The topological polar surface area (TPSA) is 121 Å². The molecule has 0 bridgehead atoms. The predicted octanol–water partition coefficient (Wildman–Crippen LogP) is 19.6. The Hall–Kier alpha value is -6.40. The number of nitrogens with zero attached hydrogens (tertiary/aromatic N) is 3. The molecule has 3 unspecified atom stereocenters. The number of carbonyl (C=O) groups excluding carboxylic acids is 3. The largest absolute Gasteiger partial charge is 1.00 e. The second-order valence-electron chi connectivity index (χ2n) is 23.1. The summed E-state index contributed by atoms with van der Waals surface area (Å²) in [5, 5.41) is 26.2. The molecule has 2 N–H and O–H groups in total. The quantitative estimate of drug-likeness (QED) is 0.0276. The van der Waals surface area contributed by atoms with Gasteiger partial charge in [0.05, 0.1) is 15.9 Å². The molecule has 12 rings (SSSR count). The third kappa shape index (κ3) is 34.9.